The zero-order valence-electron chi connectivity index (χ0n) is 23.9. The standard InChI is InChI=1S/C33H35N3O5S/c1-25-14-16-28(17-15-25)36(42(39,40)30-20-18-29(41-3)19-21-30)24-32(37)35(23-27-12-8-5-9-13-27)31(33(38)34-2)22-26-10-6-4-7-11-26/h4-21,31H,22-24H2,1-3H3,(H,34,38)/t31-/m1/s1. The summed E-state index contributed by atoms with van der Waals surface area (Å²) >= 11 is 0. The van der Waals surface area contributed by atoms with Crippen molar-refractivity contribution in [1.29, 1.82) is 0 Å². The van der Waals surface area contributed by atoms with Crippen molar-refractivity contribution in [3.63, 3.8) is 0 Å². The molecule has 0 heterocycles. The fourth-order valence-corrected chi connectivity index (χ4v) is 6.03. The molecule has 1 N–H and O–H groups in total. The molecule has 218 valence electrons. The molecule has 4 rings (SSSR count). The summed E-state index contributed by atoms with van der Waals surface area (Å²) in [4.78, 5) is 29.0. The van der Waals surface area contributed by atoms with Crippen LogP contribution in [0.2, 0.25) is 0 Å². The lowest BCUT2D eigenvalue weighted by Crippen LogP contribution is -2.53. The molecule has 0 radical (unpaired) electrons. The maximum Gasteiger partial charge on any atom is 0.264 e. The highest BCUT2D eigenvalue weighted by Gasteiger charge is 2.34. The summed E-state index contributed by atoms with van der Waals surface area (Å²) in [5, 5.41) is 2.69. The van der Waals surface area contributed by atoms with E-state index >= 15 is 0 Å². The first-order valence-electron chi connectivity index (χ1n) is 13.6. The summed E-state index contributed by atoms with van der Waals surface area (Å²) < 4.78 is 34.3. The molecule has 0 saturated heterocycles. The third-order valence-electron chi connectivity index (χ3n) is 6.96. The Labute approximate surface area is 247 Å². The number of nitrogens with one attached hydrogen (secondary N) is 1. The molecule has 4 aromatic carbocycles. The van der Waals surface area contributed by atoms with E-state index in [4.69, 9.17) is 4.74 Å². The summed E-state index contributed by atoms with van der Waals surface area (Å²) in [6, 6.07) is 30.8. The second-order valence-electron chi connectivity index (χ2n) is 9.85. The van der Waals surface area contributed by atoms with Gasteiger partial charge in [0.1, 0.15) is 18.3 Å². The number of nitrogens with zero attached hydrogens (tertiary/aromatic N) is 2. The van der Waals surface area contributed by atoms with E-state index in [1.54, 1.807) is 36.4 Å². The summed E-state index contributed by atoms with van der Waals surface area (Å²) in [5.41, 5.74) is 2.97. The highest BCUT2D eigenvalue weighted by Crippen LogP contribution is 2.26. The molecule has 4 aromatic rings. The number of hydrogen-bond donors (Lipinski definition) is 1. The third-order valence-corrected chi connectivity index (χ3v) is 8.75. The lowest BCUT2D eigenvalue weighted by molar-refractivity contribution is -0.139. The van der Waals surface area contributed by atoms with Gasteiger partial charge in [-0.1, -0.05) is 78.4 Å². The molecule has 0 bridgehead atoms. The van der Waals surface area contributed by atoms with Gasteiger partial charge in [-0.2, -0.15) is 0 Å². The highest BCUT2D eigenvalue weighted by molar-refractivity contribution is 7.92. The second kappa shape index (κ2) is 13.8. The van der Waals surface area contributed by atoms with Crippen LogP contribution in [-0.2, 0) is 32.6 Å². The number of amides is 2. The second-order valence-corrected chi connectivity index (χ2v) is 11.7. The summed E-state index contributed by atoms with van der Waals surface area (Å²) in [6.45, 7) is 1.51. The molecule has 0 aromatic heterocycles. The minimum Gasteiger partial charge on any atom is -0.497 e. The van der Waals surface area contributed by atoms with Crippen LogP contribution in [0.3, 0.4) is 0 Å². The molecule has 42 heavy (non-hydrogen) atoms. The third kappa shape index (κ3) is 7.36. The minimum absolute atomic E-state index is 0.0124. The Balaban J connectivity index is 1.76. The van der Waals surface area contributed by atoms with Gasteiger partial charge in [0.05, 0.1) is 17.7 Å². The Morgan fingerprint density at radius 3 is 1.93 bits per heavy atom. The van der Waals surface area contributed by atoms with E-state index in [0.29, 0.717) is 11.4 Å². The van der Waals surface area contributed by atoms with Crippen LogP contribution < -0.4 is 14.4 Å². The molecule has 0 spiro atoms. The van der Waals surface area contributed by atoms with Crippen molar-refractivity contribution in [3.8, 4) is 5.75 Å². The minimum atomic E-state index is -4.17. The van der Waals surface area contributed by atoms with Crippen LogP contribution in [0.4, 0.5) is 5.69 Å². The van der Waals surface area contributed by atoms with Crippen LogP contribution >= 0.6 is 0 Å². The van der Waals surface area contributed by atoms with Crippen molar-refractivity contribution in [2.45, 2.75) is 30.8 Å². The maximum atomic E-state index is 14.2. The van der Waals surface area contributed by atoms with E-state index in [-0.39, 0.29) is 23.8 Å². The predicted molar refractivity (Wildman–Crippen MR) is 164 cm³/mol. The normalized spacial score (nSPS) is 11.8. The number of carbonyl (C=O) groups is 2. The van der Waals surface area contributed by atoms with E-state index in [1.165, 1.54) is 31.2 Å². The summed E-state index contributed by atoms with van der Waals surface area (Å²) in [5.74, 6) is -0.348. The summed E-state index contributed by atoms with van der Waals surface area (Å²) in [7, 11) is -1.15. The lowest BCUT2D eigenvalue weighted by atomic mass is 10.0. The van der Waals surface area contributed by atoms with Crippen molar-refractivity contribution >= 4 is 27.5 Å². The first-order chi connectivity index (χ1) is 20.2. The van der Waals surface area contributed by atoms with Gasteiger partial charge in [0.15, 0.2) is 0 Å². The number of carbonyl (C=O) groups excluding carboxylic acids is 2. The Bertz CT molecular complexity index is 1580. The number of methoxy groups -OCH3 is 1. The molecule has 8 nitrogen and oxygen atoms in total. The molecule has 0 saturated carbocycles. The van der Waals surface area contributed by atoms with E-state index in [1.807, 2.05) is 67.6 Å². The van der Waals surface area contributed by atoms with Gasteiger partial charge in [-0.15, -0.1) is 0 Å². The van der Waals surface area contributed by atoms with Gasteiger partial charge in [-0.05, 0) is 54.4 Å². The zero-order valence-corrected chi connectivity index (χ0v) is 24.8. The van der Waals surface area contributed by atoms with Crippen molar-refractivity contribution in [3.05, 3.63) is 126 Å². The SMILES string of the molecule is CNC(=O)[C@@H](Cc1ccccc1)N(Cc1ccccc1)C(=O)CN(c1ccc(C)cc1)S(=O)(=O)c1ccc(OC)cc1. The molecular weight excluding hydrogens is 550 g/mol. The molecule has 0 unspecified atom stereocenters. The van der Waals surface area contributed by atoms with Crippen LogP contribution in [0.25, 0.3) is 0 Å². The van der Waals surface area contributed by atoms with Gasteiger partial charge in [0, 0.05) is 20.0 Å². The van der Waals surface area contributed by atoms with Crippen molar-refractivity contribution in [2.75, 3.05) is 25.0 Å². The van der Waals surface area contributed by atoms with Gasteiger partial charge in [0.25, 0.3) is 10.0 Å². The van der Waals surface area contributed by atoms with Crippen LogP contribution in [-0.4, -0.2) is 51.9 Å². The number of anilines is 1. The van der Waals surface area contributed by atoms with Crippen LogP contribution in [0.5, 0.6) is 5.75 Å². The predicted octanol–water partition coefficient (Wildman–Crippen LogP) is 4.59. The van der Waals surface area contributed by atoms with Crippen molar-refractivity contribution in [1.82, 2.24) is 10.2 Å². The van der Waals surface area contributed by atoms with E-state index < -0.39 is 28.5 Å². The molecule has 2 amide bonds. The Kier molecular flexibility index (Phi) is 9.98. The average molecular weight is 586 g/mol. The molecule has 0 aliphatic heterocycles. The molecule has 0 fully saturated rings. The Morgan fingerprint density at radius 2 is 1.38 bits per heavy atom. The summed E-state index contributed by atoms with van der Waals surface area (Å²) in [6.07, 6.45) is 0.259. The molecule has 0 aliphatic rings. The van der Waals surface area contributed by atoms with Gasteiger partial charge >= 0.3 is 0 Å². The quantitative estimate of drug-likeness (QED) is 0.263. The number of likely N-dealkylation sites (N-methyl/N-ethyl adjacent to an activating group) is 1. The average Bonchev–Trinajstić information content (AvgIpc) is 3.02. The van der Waals surface area contributed by atoms with Crippen LogP contribution in [0.15, 0.2) is 114 Å². The van der Waals surface area contributed by atoms with Gasteiger partial charge in [-0.25, -0.2) is 8.42 Å². The van der Waals surface area contributed by atoms with Crippen LogP contribution in [0, 0.1) is 6.92 Å². The number of ether oxygens (including phenoxy) is 1. The molecule has 9 heteroatoms. The number of benzene rings is 4. The zero-order chi connectivity index (χ0) is 30.1. The maximum absolute atomic E-state index is 14.2. The largest absolute Gasteiger partial charge is 0.497 e. The van der Waals surface area contributed by atoms with E-state index in [9.17, 15) is 18.0 Å². The fraction of sp³-hybridized carbons (Fsp3) is 0.212. The fourth-order valence-electron chi connectivity index (χ4n) is 4.62. The van der Waals surface area contributed by atoms with Gasteiger partial charge in [0.2, 0.25) is 11.8 Å². The topological polar surface area (TPSA) is 96.0 Å². The smallest absolute Gasteiger partial charge is 0.264 e. The van der Waals surface area contributed by atoms with Crippen molar-refractivity contribution in [2.24, 2.45) is 0 Å². The van der Waals surface area contributed by atoms with Crippen LogP contribution in [0.1, 0.15) is 16.7 Å². The number of aryl methyl sites for hydroxylation is 1. The number of hydrogen-bond acceptors (Lipinski definition) is 5. The molecule has 1 atom stereocenters. The highest BCUT2D eigenvalue weighted by atomic mass is 32.2. The number of sulfonamides is 1. The monoisotopic (exact) mass is 585 g/mol. The molecular formula is C33H35N3O5S. The van der Waals surface area contributed by atoms with E-state index in [2.05, 4.69) is 5.32 Å². The van der Waals surface area contributed by atoms with E-state index in [0.717, 1.165) is 21.0 Å². The lowest BCUT2D eigenvalue weighted by Gasteiger charge is -2.33. The Hall–Kier alpha value is -4.63. The van der Waals surface area contributed by atoms with Gasteiger partial charge < -0.3 is 15.0 Å². The molecule has 0 aliphatic carbocycles. The van der Waals surface area contributed by atoms with Crippen molar-refractivity contribution < 1.29 is 22.7 Å². The first-order valence-corrected chi connectivity index (χ1v) is 15.0. The Morgan fingerprint density at radius 1 is 0.810 bits per heavy atom. The number of rotatable bonds is 12. The van der Waals surface area contributed by atoms with Gasteiger partial charge in [-0.3, -0.25) is 13.9 Å². The first kappa shape index (κ1) is 30.3.